The van der Waals surface area contributed by atoms with E-state index in [0.29, 0.717) is 42.7 Å². The van der Waals surface area contributed by atoms with Gasteiger partial charge in [0.05, 0.1) is 18.4 Å². The Morgan fingerprint density at radius 2 is 1.68 bits per heavy atom. The summed E-state index contributed by atoms with van der Waals surface area (Å²) in [5.41, 5.74) is -2.35. The van der Waals surface area contributed by atoms with Crippen LogP contribution >= 0.6 is 0 Å². The van der Waals surface area contributed by atoms with Crippen molar-refractivity contribution in [2.75, 3.05) is 13.7 Å². The van der Waals surface area contributed by atoms with Crippen molar-refractivity contribution >= 4 is 44.6 Å². The van der Waals surface area contributed by atoms with Gasteiger partial charge in [0, 0.05) is 23.9 Å². The monoisotopic (exact) mass is 843 g/mol. The average Bonchev–Trinajstić information content (AvgIpc) is 4.07. The van der Waals surface area contributed by atoms with E-state index in [1.807, 2.05) is 51.1 Å². The molecule has 0 spiro atoms. The minimum atomic E-state index is -4.00. The van der Waals surface area contributed by atoms with Crippen LogP contribution in [-0.2, 0) is 29.1 Å². The van der Waals surface area contributed by atoms with Gasteiger partial charge in [0.15, 0.2) is 0 Å². The molecule has 2 saturated carbocycles. The number of sulfonamides is 1. The lowest BCUT2D eigenvalue weighted by molar-refractivity contribution is -0.141. The van der Waals surface area contributed by atoms with Crippen LogP contribution in [0.4, 0.5) is 4.79 Å². The highest BCUT2D eigenvalue weighted by molar-refractivity contribution is 7.91. The molecule has 3 fully saturated rings. The van der Waals surface area contributed by atoms with Crippen molar-refractivity contribution < 1.29 is 41.8 Å². The number of carbonyl (C=O) groups is 4. The number of allylic oxidation sites excluding steroid dienone is 1. The topological polar surface area (TPSA) is 182 Å². The highest BCUT2D eigenvalue weighted by atomic mass is 32.2. The number of methoxy groups -OCH3 is 1. The van der Waals surface area contributed by atoms with E-state index in [1.54, 1.807) is 60.9 Å². The number of alkyl carbamates (subject to hydrolysis) is 1. The van der Waals surface area contributed by atoms with Crippen molar-refractivity contribution in [2.24, 2.45) is 17.8 Å². The molecule has 2 aromatic rings. The third-order valence-corrected chi connectivity index (χ3v) is 12.6. The summed E-state index contributed by atoms with van der Waals surface area (Å²) in [6, 6.07) is 5.06. The minimum Gasteiger partial charge on any atom is -0.497 e. The van der Waals surface area contributed by atoms with Gasteiger partial charge in [-0.1, -0.05) is 74.5 Å². The van der Waals surface area contributed by atoms with Gasteiger partial charge in [0.1, 0.15) is 35.1 Å². The Bertz CT molecular complexity index is 1920. The fraction of sp³-hybridized carbons (Fsp3) is 0.659. The first kappa shape index (κ1) is 49.0. The molecule has 2 heterocycles. The van der Waals surface area contributed by atoms with Crippen molar-refractivity contribution in [3.63, 3.8) is 0 Å². The van der Waals surface area contributed by atoms with Gasteiger partial charge in [-0.05, 0) is 94.4 Å². The SMILES string of the molecule is CC.CC(C)C.CC/C=C\[C@@H]1C[C@]1(NC(=O)[C@@H]1C[C@@H](Oc2nccc3cc(OC)ccc23)CN1C(=O)[C@@H](NC(=O)OC(C)(C)C)C(C)C)C(=O)NS(=O)(=O)C1(CC)CC1. The Labute approximate surface area is 352 Å². The van der Waals surface area contributed by atoms with Crippen LogP contribution in [0.5, 0.6) is 11.6 Å². The van der Waals surface area contributed by atoms with E-state index >= 15 is 0 Å². The van der Waals surface area contributed by atoms with Crippen molar-refractivity contribution in [1.29, 1.82) is 0 Å². The van der Waals surface area contributed by atoms with Gasteiger partial charge in [0.2, 0.25) is 27.7 Å². The molecule has 2 aliphatic carbocycles. The zero-order chi connectivity index (χ0) is 44.5. The van der Waals surface area contributed by atoms with E-state index in [9.17, 15) is 27.6 Å². The molecule has 14 nitrogen and oxygen atoms in total. The number of hydrogen-bond donors (Lipinski definition) is 3. The number of carbonyl (C=O) groups excluding carboxylic acids is 4. The third-order valence-electron chi connectivity index (χ3n) is 10.3. The molecule has 1 aromatic heterocycles. The molecule has 15 heteroatoms. The average molecular weight is 844 g/mol. The number of rotatable bonds is 14. The van der Waals surface area contributed by atoms with E-state index in [2.05, 4.69) is 41.1 Å². The van der Waals surface area contributed by atoms with E-state index in [-0.39, 0.29) is 19.4 Å². The predicted octanol–water partition coefficient (Wildman–Crippen LogP) is 7.06. The number of nitrogens with zero attached hydrogens (tertiary/aromatic N) is 2. The summed E-state index contributed by atoms with van der Waals surface area (Å²) in [7, 11) is -2.43. The van der Waals surface area contributed by atoms with Gasteiger partial charge in [-0.25, -0.2) is 18.2 Å². The van der Waals surface area contributed by atoms with Gasteiger partial charge in [0.25, 0.3) is 5.91 Å². The van der Waals surface area contributed by atoms with Crippen LogP contribution in [-0.4, -0.2) is 89.8 Å². The number of benzene rings is 1. The Morgan fingerprint density at radius 1 is 1.03 bits per heavy atom. The van der Waals surface area contributed by atoms with Crippen LogP contribution in [0.1, 0.15) is 122 Å². The van der Waals surface area contributed by atoms with Crippen molar-refractivity contribution in [3.8, 4) is 11.6 Å². The summed E-state index contributed by atoms with van der Waals surface area (Å²) in [5, 5.41) is 7.07. The highest BCUT2D eigenvalue weighted by Crippen LogP contribution is 2.48. The Kier molecular flexibility index (Phi) is 16.8. The summed E-state index contributed by atoms with van der Waals surface area (Å²) in [6.07, 6.45) is 5.96. The second-order valence-electron chi connectivity index (χ2n) is 17.4. The van der Waals surface area contributed by atoms with E-state index in [0.717, 1.165) is 11.3 Å². The van der Waals surface area contributed by atoms with Crippen LogP contribution < -0.4 is 24.8 Å². The lowest BCUT2D eigenvalue weighted by atomic mass is 10.0. The number of nitrogens with one attached hydrogen (secondary N) is 3. The quantitative estimate of drug-likeness (QED) is 0.167. The summed E-state index contributed by atoms with van der Waals surface area (Å²) in [6.45, 7) is 22.8. The van der Waals surface area contributed by atoms with E-state index in [1.165, 1.54) is 4.90 Å². The molecule has 1 saturated heterocycles. The smallest absolute Gasteiger partial charge is 0.408 e. The van der Waals surface area contributed by atoms with Crippen LogP contribution in [0.15, 0.2) is 42.6 Å². The van der Waals surface area contributed by atoms with Gasteiger partial charge in [-0.3, -0.25) is 19.1 Å². The van der Waals surface area contributed by atoms with Crippen molar-refractivity contribution in [1.82, 2.24) is 25.2 Å². The van der Waals surface area contributed by atoms with Gasteiger partial charge < -0.3 is 29.7 Å². The van der Waals surface area contributed by atoms with Gasteiger partial charge in [-0.15, -0.1) is 0 Å². The van der Waals surface area contributed by atoms with Crippen molar-refractivity contribution in [2.45, 2.75) is 156 Å². The zero-order valence-electron chi connectivity index (χ0n) is 37.4. The molecule has 5 rings (SSSR count). The predicted molar refractivity (Wildman–Crippen MR) is 230 cm³/mol. The first-order chi connectivity index (χ1) is 27.6. The summed E-state index contributed by atoms with van der Waals surface area (Å²) in [5.74, 6) is -1.04. The highest BCUT2D eigenvalue weighted by Gasteiger charge is 2.63. The van der Waals surface area contributed by atoms with Crippen LogP contribution in [0, 0.1) is 17.8 Å². The minimum absolute atomic E-state index is 0.0316. The molecule has 3 N–H and O–H groups in total. The molecule has 1 aliphatic heterocycles. The summed E-state index contributed by atoms with van der Waals surface area (Å²) < 4.78 is 45.1. The molecular weight excluding hydrogens is 775 g/mol. The Hall–Kier alpha value is -4.40. The summed E-state index contributed by atoms with van der Waals surface area (Å²) in [4.78, 5) is 61.3. The molecule has 0 radical (unpaired) electrons. The lowest BCUT2D eigenvalue weighted by Crippen LogP contribution is -2.59. The molecular formula is C44H69N5O9S. The second kappa shape index (κ2) is 20.2. The standard InChI is InChI=1S/C38H53N5O9S.C4H10.C2H6/c1-9-11-12-25-21-38(25,34(46)42-53(48,49)37(10-2)16-17-37)41-31(44)29-20-27(51-32-28-14-13-26(50-8)19-24(28)15-18-39-32)22-43(29)33(45)30(23(3)4)40-35(47)52-36(5,6)7;1-4(2)3;1-2/h11-15,18-19,23,25,27,29-30H,9-10,16-17,20-22H2,1-8H3,(H,40,47)(H,41,44)(H,42,46);4H,1-3H3;1-2H3/b12-11-;;/t25-,27-,29+,30+,38-;;/m1../s1. The molecule has 59 heavy (non-hydrogen) atoms. The number of hydrogen-bond acceptors (Lipinski definition) is 10. The maximum Gasteiger partial charge on any atom is 0.408 e. The maximum absolute atomic E-state index is 14.4. The molecule has 3 aliphatic rings. The van der Waals surface area contributed by atoms with Crippen LogP contribution in [0.2, 0.25) is 0 Å². The van der Waals surface area contributed by atoms with Gasteiger partial charge >= 0.3 is 6.09 Å². The van der Waals surface area contributed by atoms with Crippen molar-refractivity contribution in [3.05, 3.63) is 42.6 Å². The first-order valence-electron chi connectivity index (χ1n) is 21.1. The van der Waals surface area contributed by atoms with Crippen LogP contribution in [0.25, 0.3) is 10.8 Å². The normalized spacial score (nSPS) is 22.4. The summed E-state index contributed by atoms with van der Waals surface area (Å²) >= 11 is 0. The third kappa shape index (κ3) is 12.3. The maximum atomic E-state index is 14.4. The number of likely N-dealkylation sites (tertiary alicyclic amines) is 1. The molecule has 1 aromatic carbocycles. The zero-order valence-corrected chi connectivity index (χ0v) is 38.2. The van der Waals surface area contributed by atoms with E-state index in [4.69, 9.17) is 14.2 Å². The number of ether oxygens (including phenoxy) is 3. The number of fused-ring (bicyclic) bond motifs is 1. The number of pyridine rings is 1. The van der Waals surface area contributed by atoms with Crippen LogP contribution in [0.3, 0.4) is 0 Å². The van der Waals surface area contributed by atoms with E-state index < -0.39 is 79.7 Å². The molecule has 0 bridgehead atoms. The largest absolute Gasteiger partial charge is 0.497 e. The molecule has 0 unspecified atom stereocenters. The Morgan fingerprint density at radius 3 is 2.22 bits per heavy atom. The molecule has 4 amide bonds. The lowest BCUT2D eigenvalue weighted by Gasteiger charge is -2.31. The fourth-order valence-corrected chi connectivity index (χ4v) is 8.53. The number of aromatic nitrogens is 1. The Balaban J connectivity index is 0.00000146. The first-order valence-corrected chi connectivity index (χ1v) is 22.6. The second-order valence-corrected chi connectivity index (χ2v) is 19.4. The van der Waals surface area contributed by atoms with Gasteiger partial charge in [-0.2, -0.15) is 0 Å². The number of amides is 4. The fourth-order valence-electron chi connectivity index (χ4n) is 6.87. The molecule has 330 valence electrons. The molecule has 5 atom stereocenters.